The number of hydrazone groups is 1. The highest BCUT2D eigenvalue weighted by Gasteiger charge is 2.37. The van der Waals surface area contributed by atoms with Crippen molar-refractivity contribution in [3.63, 3.8) is 0 Å². The fraction of sp³-hybridized carbons (Fsp3) is 0.105. The Morgan fingerprint density at radius 1 is 1.23 bits per heavy atom. The molecule has 2 aromatic carbocycles. The molecule has 0 bridgehead atoms. The Bertz CT molecular complexity index is 972. The number of nitrogens with two attached hydrogens (primary N) is 1. The number of hydrogen-bond acceptors (Lipinski definition) is 6. The second kappa shape index (κ2) is 7.56. The van der Waals surface area contributed by atoms with Crippen LogP contribution in [0.1, 0.15) is 5.56 Å². The average molecular weight is 455 g/mol. The molecule has 26 heavy (non-hydrogen) atoms. The van der Waals surface area contributed by atoms with Gasteiger partial charge in [0.05, 0.1) is 26.6 Å². The molecule has 7 heteroatoms. The molecule has 2 aromatic rings. The second-order valence-corrected chi connectivity index (χ2v) is 6.81. The number of phenolic OH excluding ortho intramolecular Hbond substituents is 1. The van der Waals surface area contributed by atoms with Crippen LogP contribution in [0.3, 0.4) is 0 Å². The minimum atomic E-state index is -0.725. The summed E-state index contributed by atoms with van der Waals surface area (Å²) in [6, 6.07) is 18.6. The number of para-hydroxylation sites is 1. The van der Waals surface area contributed by atoms with Crippen LogP contribution in [-0.2, 0) is 0 Å². The Kier molecular flexibility index (Phi) is 5.21. The van der Waals surface area contributed by atoms with Crippen molar-refractivity contribution in [2.24, 2.45) is 16.8 Å². The Morgan fingerprint density at radius 3 is 2.58 bits per heavy atom. The molecule has 1 heterocycles. The molecule has 0 spiro atoms. The van der Waals surface area contributed by atoms with E-state index in [1.54, 1.807) is 29.3 Å². The lowest BCUT2D eigenvalue weighted by molar-refractivity contribution is 0.471. The molecule has 0 unspecified atom stereocenters. The highest BCUT2D eigenvalue weighted by Crippen LogP contribution is 2.29. The van der Waals surface area contributed by atoms with Crippen LogP contribution in [0.25, 0.3) is 6.08 Å². The molecule has 3 N–H and O–H groups in total. The first-order valence-electron chi connectivity index (χ1n) is 7.74. The van der Waals surface area contributed by atoms with Gasteiger partial charge in [0.2, 0.25) is 0 Å². The smallest absolute Gasteiger partial charge is 0.128 e. The summed E-state index contributed by atoms with van der Waals surface area (Å²) in [5.41, 5.74) is 8.30. The summed E-state index contributed by atoms with van der Waals surface area (Å²) in [5.74, 6) is -0.552. The molecule has 1 aliphatic rings. The monoisotopic (exact) mass is 455 g/mol. The van der Waals surface area contributed by atoms with Crippen molar-refractivity contribution in [2.75, 3.05) is 5.01 Å². The Hall–Kier alpha value is -2.88. The molecule has 0 aliphatic carbocycles. The molecule has 0 fully saturated rings. The number of anilines is 1. The summed E-state index contributed by atoms with van der Waals surface area (Å²) in [7, 11) is 0. The van der Waals surface area contributed by atoms with E-state index in [9.17, 15) is 15.6 Å². The summed E-state index contributed by atoms with van der Waals surface area (Å²) in [4.78, 5) is 0. The SMILES string of the molecule is N#C/C(=C/c1ccc(O)c(I)c1)C1=NN(c2ccccc2)[C@H](N)[C@H]1C#N. The van der Waals surface area contributed by atoms with E-state index in [0.717, 1.165) is 11.3 Å². The summed E-state index contributed by atoms with van der Waals surface area (Å²) in [6.45, 7) is 0. The zero-order chi connectivity index (χ0) is 18.7. The fourth-order valence-electron chi connectivity index (χ4n) is 2.66. The van der Waals surface area contributed by atoms with Crippen molar-refractivity contribution >= 4 is 40.1 Å². The molecule has 0 radical (unpaired) electrons. The van der Waals surface area contributed by atoms with Crippen LogP contribution in [0.5, 0.6) is 5.75 Å². The van der Waals surface area contributed by atoms with Crippen molar-refractivity contribution in [3.8, 4) is 17.9 Å². The number of benzene rings is 2. The molecule has 0 saturated carbocycles. The van der Waals surface area contributed by atoms with Crippen LogP contribution in [0.15, 0.2) is 59.2 Å². The van der Waals surface area contributed by atoms with Crippen LogP contribution < -0.4 is 10.7 Å². The highest BCUT2D eigenvalue weighted by molar-refractivity contribution is 14.1. The number of halogens is 1. The van der Waals surface area contributed by atoms with Crippen LogP contribution in [-0.4, -0.2) is 17.0 Å². The molecular formula is C19H14IN5O. The van der Waals surface area contributed by atoms with E-state index in [1.807, 2.05) is 52.9 Å². The fourth-order valence-corrected chi connectivity index (χ4v) is 3.20. The van der Waals surface area contributed by atoms with Gasteiger partial charge < -0.3 is 10.8 Å². The maximum atomic E-state index is 9.64. The quantitative estimate of drug-likeness (QED) is 0.546. The summed E-state index contributed by atoms with van der Waals surface area (Å²) in [5, 5.41) is 34.8. The molecule has 2 atom stereocenters. The molecule has 3 rings (SSSR count). The van der Waals surface area contributed by atoms with Crippen LogP contribution in [0, 0.1) is 32.2 Å². The molecule has 128 valence electrons. The molecule has 0 saturated heterocycles. The number of rotatable bonds is 3. The Morgan fingerprint density at radius 2 is 1.96 bits per heavy atom. The van der Waals surface area contributed by atoms with Gasteiger partial charge in [-0.15, -0.1) is 0 Å². The van der Waals surface area contributed by atoms with Crippen molar-refractivity contribution < 1.29 is 5.11 Å². The zero-order valence-electron chi connectivity index (χ0n) is 13.5. The van der Waals surface area contributed by atoms with Crippen LogP contribution >= 0.6 is 22.6 Å². The molecule has 6 nitrogen and oxygen atoms in total. The summed E-state index contributed by atoms with van der Waals surface area (Å²) in [6.07, 6.45) is 0.973. The van der Waals surface area contributed by atoms with Gasteiger partial charge in [0.25, 0.3) is 0 Å². The van der Waals surface area contributed by atoms with E-state index in [2.05, 4.69) is 17.2 Å². The lowest BCUT2D eigenvalue weighted by atomic mass is 9.95. The number of nitrogens with zero attached hydrogens (tertiary/aromatic N) is 4. The Labute approximate surface area is 164 Å². The van der Waals surface area contributed by atoms with Gasteiger partial charge in [-0.05, 0) is 58.5 Å². The van der Waals surface area contributed by atoms with E-state index in [0.29, 0.717) is 9.28 Å². The third kappa shape index (κ3) is 3.40. The molecule has 1 aliphatic heterocycles. The number of hydrogen-bond donors (Lipinski definition) is 2. The number of phenols is 1. The van der Waals surface area contributed by atoms with Gasteiger partial charge in [0.15, 0.2) is 0 Å². The van der Waals surface area contributed by atoms with Crippen molar-refractivity contribution in [1.82, 2.24) is 0 Å². The van der Waals surface area contributed by atoms with Gasteiger partial charge in [-0.1, -0.05) is 24.3 Å². The largest absolute Gasteiger partial charge is 0.507 e. The van der Waals surface area contributed by atoms with Crippen LogP contribution in [0.2, 0.25) is 0 Å². The minimum absolute atomic E-state index is 0.173. The van der Waals surface area contributed by atoms with Gasteiger partial charge >= 0.3 is 0 Å². The van der Waals surface area contributed by atoms with Gasteiger partial charge in [-0.3, -0.25) is 0 Å². The van der Waals surface area contributed by atoms with Gasteiger partial charge in [0, 0.05) is 0 Å². The summed E-state index contributed by atoms with van der Waals surface area (Å²) >= 11 is 2.01. The predicted octanol–water partition coefficient (Wildman–Crippen LogP) is 3.20. The average Bonchev–Trinajstić information content (AvgIpc) is 2.99. The summed E-state index contributed by atoms with van der Waals surface area (Å²) < 4.78 is 0.668. The van der Waals surface area contributed by atoms with Gasteiger partial charge in [-0.25, -0.2) is 5.01 Å². The van der Waals surface area contributed by atoms with Crippen molar-refractivity contribution in [2.45, 2.75) is 6.17 Å². The maximum absolute atomic E-state index is 9.64. The third-order valence-corrected chi connectivity index (χ3v) is 4.84. The van der Waals surface area contributed by atoms with E-state index in [-0.39, 0.29) is 11.3 Å². The number of aromatic hydroxyl groups is 1. The minimum Gasteiger partial charge on any atom is -0.507 e. The van der Waals surface area contributed by atoms with Crippen molar-refractivity contribution in [3.05, 3.63) is 63.2 Å². The van der Waals surface area contributed by atoms with Crippen molar-refractivity contribution in [1.29, 1.82) is 10.5 Å². The first-order valence-corrected chi connectivity index (χ1v) is 8.81. The highest BCUT2D eigenvalue weighted by atomic mass is 127. The number of nitriles is 2. The zero-order valence-corrected chi connectivity index (χ0v) is 15.7. The lowest BCUT2D eigenvalue weighted by Crippen LogP contribution is -2.40. The van der Waals surface area contributed by atoms with Crippen LogP contribution in [0.4, 0.5) is 5.69 Å². The van der Waals surface area contributed by atoms with E-state index < -0.39 is 12.1 Å². The predicted molar refractivity (Wildman–Crippen MR) is 108 cm³/mol. The van der Waals surface area contributed by atoms with E-state index in [4.69, 9.17) is 5.73 Å². The lowest BCUT2D eigenvalue weighted by Gasteiger charge is -2.21. The van der Waals surface area contributed by atoms with E-state index >= 15 is 0 Å². The normalized spacial score (nSPS) is 19.6. The standard InChI is InChI=1S/C19H14IN5O/c20-16-9-12(6-7-17(16)26)8-13(10-21)18-15(11-22)19(23)25(24-18)14-4-2-1-3-5-14/h1-9,15,19,26H,23H2/b13-8-/t15-,19-/m0/s1. The first-order chi connectivity index (χ1) is 12.5. The first kappa shape index (κ1) is 17.9. The topological polar surface area (TPSA) is 109 Å². The number of allylic oxidation sites excluding steroid dienone is 1. The Balaban J connectivity index is 2.03. The van der Waals surface area contributed by atoms with E-state index in [1.165, 1.54) is 0 Å². The maximum Gasteiger partial charge on any atom is 0.128 e. The third-order valence-electron chi connectivity index (χ3n) is 3.97. The van der Waals surface area contributed by atoms with Gasteiger partial charge in [-0.2, -0.15) is 15.6 Å². The van der Waals surface area contributed by atoms with Gasteiger partial charge in [0.1, 0.15) is 23.9 Å². The molecule has 0 aromatic heterocycles. The molecule has 0 amide bonds. The second-order valence-electron chi connectivity index (χ2n) is 5.64. The molecular weight excluding hydrogens is 441 g/mol.